The molecule has 1 radical (unpaired) electrons. The monoisotopic (exact) mass is 216 g/mol. The molecule has 0 aliphatic rings. The van der Waals surface area contributed by atoms with Crippen LogP contribution in [0.25, 0.3) is 0 Å². The Labute approximate surface area is 84.7 Å². The molecule has 0 aromatic heterocycles. The number of hydrogen-bond donors (Lipinski definition) is 0. The molecule has 0 atom stereocenters. The largest absolute Gasteiger partial charge is 0.479 e. The number of hydrogen-bond acceptors (Lipinski definition) is 3. The summed E-state index contributed by atoms with van der Waals surface area (Å²) in [5.74, 6) is -0.502. The van der Waals surface area contributed by atoms with E-state index >= 15 is 0 Å². The van der Waals surface area contributed by atoms with Crippen LogP contribution >= 0.6 is 0 Å². The molecule has 0 amide bonds. The second-order valence-electron chi connectivity index (χ2n) is 1.44. The van der Waals surface area contributed by atoms with Crippen LogP contribution in [0.1, 0.15) is 6.92 Å². The quantitative estimate of drug-likeness (QED) is 0.376. The number of carbonyl (C=O) groups excluding carboxylic acids is 2. The Morgan fingerprint density at radius 3 is 2.40 bits per heavy atom. The van der Waals surface area contributed by atoms with E-state index in [2.05, 4.69) is 4.74 Å². The molecular weight excluding hydrogens is 209 g/mol. The van der Waals surface area contributed by atoms with Gasteiger partial charge in [-0.1, -0.05) is 0 Å². The van der Waals surface area contributed by atoms with E-state index in [0.717, 1.165) is 6.08 Å². The molecule has 0 aromatic carbocycles. The zero-order valence-corrected chi connectivity index (χ0v) is 8.72. The molecule has 4 heteroatoms. The first-order chi connectivity index (χ1) is 4.22. The van der Waals surface area contributed by atoms with E-state index in [1.807, 2.05) is 0 Å². The molecule has 0 saturated carbocycles. The summed E-state index contributed by atoms with van der Waals surface area (Å²) in [6.07, 6.45) is 2.50. The van der Waals surface area contributed by atoms with Crippen molar-refractivity contribution in [1.82, 2.24) is 0 Å². The summed E-state index contributed by atoms with van der Waals surface area (Å²) < 4.78 is 4.28. The van der Waals surface area contributed by atoms with Crippen LogP contribution in [0.2, 0.25) is 0 Å². The van der Waals surface area contributed by atoms with Gasteiger partial charge in [-0.2, -0.15) is 6.08 Å². The third-order valence-electron chi connectivity index (χ3n) is 0.783. The number of methoxy groups -OCH3 is 1. The first-order valence-corrected chi connectivity index (χ1v) is 2.35. The Balaban J connectivity index is 0. The van der Waals surface area contributed by atoms with Crippen LogP contribution < -0.4 is 0 Å². The fraction of sp³-hybridized carbons (Fsp3) is 0.333. The van der Waals surface area contributed by atoms with Crippen molar-refractivity contribution < 1.29 is 47.0 Å². The summed E-state index contributed by atoms with van der Waals surface area (Å²) in [4.78, 5) is 20.1. The van der Waals surface area contributed by atoms with Gasteiger partial charge in [0, 0.05) is 32.7 Å². The Hall–Kier alpha value is -0.0161. The van der Waals surface area contributed by atoms with E-state index in [9.17, 15) is 9.59 Å². The molecule has 0 bridgehead atoms. The van der Waals surface area contributed by atoms with Crippen LogP contribution in [0.4, 0.5) is 0 Å². The Kier molecular flexibility index (Phi) is 8.97. The van der Waals surface area contributed by atoms with Gasteiger partial charge in [-0.05, 0) is 6.29 Å². The predicted octanol–water partition coefficient (Wildman–Crippen LogP) is 0.213. The Morgan fingerprint density at radius 2 is 2.10 bits per heavy atom. The summed E-state index contributed by atoms with van der Waals surface area (Å²) in [6.45, 7) is 1.48. The fourth-order valence-corrected chi connectivity index (χ4v) is 0.308. The first-order valence-electron chi connectivity index (χ1n) is 2.35. The van der Waals surface area contributed by atoms with Gasteiger partial charge in [0.25, 0.3) is 0 Å². The number of carbonyl (C=O) groups is 1. The van der Waals surface area contributed by atoms with Crippen molar-refractivity contribution >= 4 is 12.3 Å². The predicted molar refractivity (Wildman–Crippen MR) is 31.5 cm³/mol. The standard InChI is InChI=1S/C6H7O3.Y/c1-5(3-4-7)6(8)9-2;/h3H,1-2H3;/q-1;/b5-3+;. The minimum absolute atomic E-state index is 0. The van der Waals surface area contributed by atoms with Crippen molar-refractivity contribution in [1.29, 1.82) is 0 Å². The molecule has 10 heavy (non-hydrogen) atoms. The van der Waals surface area contributed by atoms with Crippen molar-refractivity contribution in [2.45, 2.75) is 6.92 Å². The Bertz CT molecular complexity index is 151. The molecule has 0 N–H and O–H groups in total. The van der Waals surface area contributed by atoms with Gasteiger partial charge in [-0.3, -0.25) is 4.79 Å². The average Bonchev–Trinajstić information content (AvgIpc) is 1.87. The third-order valence-corrected chi connectivity index (χ3v) is 0.783. The molecule has 0 saturated heterocycles. The van der Waals surface area contributed by atoms with E-state index in [-0.39, 0.29) is 38.3 Å². The van der Waals surface area contributed by atoms with Gasteiger partial charge >= 0.3 is 0 Å². The topological polar surface area (TPSA) is 43.4 Å². The van der Waals surface area contributed by atoms with Gasteiger partial charge in [-0.15, -0.1) is 12.5 Å². The number of allylic oxidation sites excluding steroid dienone is 1. The second-order valence-corrected chi connectivity index (χ2v) is 1.44. The zero-order chi connectivity index (χ0) is 7.28. The van der Waals surface area contributed by atoms with E-state index < -0.39 is 5.97 Å². The van der Waals surface area contributed by atoms with Gasteiger partial charge < -0.3 is 9.53 Å². The van der Waals surface area contributed by atoms with Crippen LogP contribution in [0, 0.1) is 0 Å². The molecule has 0 aromatic rings. The third kappa shape index (κ3) is 4.82. The summed E-state index contributed by atoms with van der Waals surface area (Å²) in [6, 6.07) is 0. The molecule has 0 unspecified atom stereocenters. The normalized spacial score (nSPS) is 9.60. The molecule has 0 heterocycles. The smallest absolute Gasteiger partial charge is 0.250 e. The maximum Gasteiger partial charge on any atom is 0.250 e. The zero-order valence-electron chi connectivity index (χ0n) is 5.88. The summed E-state index contributed by atoms with van der Waals surface area (Å²) >= 11 is 0. The minimum Gasteiger partial charge on any atom is -0.479 e. The molecule has 0 rings (SSSR count). The van der Waals surface area contributed by atoms with Crippen molar-refractivity contribution in [3.05, 3.63) is 11.6 Å². The molecular formula is C6H7O3Y-. The van der Waals surface area contributed by atoms with E-state index in [1.54, 1.807) is 0 Å². The van der Waals surface area contributed by atoms with Gasteiger partial charge in [0.1, 0.15) is 0 Å². The Morgan fingerprint density at radius 1 is 1.60 bits per heavy atom. The minimum atomic E-state index is -0.502. The molecule has 53 valence electrons. The maximum absolute atomic E-state index is 10.4. The van der Waals surface area contributed by atoms with Gasteiger partial charge in [0.15, 0.2) is 0 Å². The van der Waals surface area contributed by atoms with Crippen molar-refractivity contribution in [2.75, 3.05) is 7.11 Å². The van der Waals surface area contributed by atoms with E-state index in [4.69, 9.17) is 0 Å². The van der Waals surface area contributed by atoms with Crippen LogP contribution in [-0.2, 0) is 47.0 Å². The summed E-state index contributed by atoms with van der Waals surface area (Å²) in [5.41, 5.74) is 0.257. The average molecular weight is 216 g/mol. The molecule has 0 spiro atoms. The van der Waals surface area contributed by atoms with Crippen molar-refractivity contribution in [2.24, 2.45) is 0 Å². The fourth-order valence-electron chi connectivity index (χ4n) is 0.308. The van der Waals surface area contributed by atoms with Gasteiger partial charge in [-0.25, -0.2) is 0 Å². The van der Waals surface area contributed by atoms with Crippen molar-refractivity contribution in [3.8, 4) is 0 Å². The summed E-state index contributed by atoms with van der Waals surface area (Å²) in [7, 11) is 1.25. The molecule has 0 fully saturated rings. The maximum atomic E-state index is 10.4. The molecule has 0 aliphatic heterocycles. The van der Waals surface area contributed by atoms with Crippen LogP contribution in [0.3, 0.4) is 0 Å². The molecule has 0 aliphatic carbocycles. The number of ether oxygens (including phenoxy) is 1. The first kappa shape index (κ1) is 12.6. The van der Waals surface area contributed by atoms with Crippen LogP contribution in [0.15, 0.2) is 11.6 Å². The van der Waals surface area contributed by atoms with Crippen molar-refractivity contribution in [3.63, 3.8) is 0 Å². The van der Waals surface area contributed by atoms with Crippen LogP contribution in [0.5, 0.6) is 0 Å². The van der Waals surface area contributed by atoms with E-state index in [1.165, 1.54) is 20.3 Å². The number of rotatable bonds is 2. The SMILES string of the molecule is COC(=O)/C(C)=C/[C-]=O.[Y]. The number of esters is 1. The van der Waals surface area contributed by atoms with E-state index in [0.29, 0.717) is 0 Å². The second kappa shape index (κ2) is 7.10. The molecule has 3 nitrogen and oxygen atoms in total. The van der Waals surface area contributed by atoms with Gasteiger partial charge in [0.2, 0.25) is 5.97 Å². The van der Waals surface area contributed by atoms with Crippen LogP contribution in [-0.4, -0.2) is 19.4 Å². The summed E-state index contributed by atoms with van der Waals surface area (Å²) in [5, 5.41) is 0. The van der Waals surface area contributed by atoms with Gasteiger partial charge in [0.05, 0.1) is 7.11 Å².